The highest BCUT2D eigenvalue weighted by molar-refractivity contribution is 5.92. The van der Waals surface area contributed by atoms with Crippen molar-refractivity contribution in [2.75, 3.05) is 18.4 Å². The van der Waals surface area contributed by atoms with E-state index < -0.39 is 0 Å². The molecule has 0 aliphatic heterocycles. The van der Waals surface area contributed by atoms with Crippen molar-refractivity contribution in [1.82, 2.24) is 15.3 Å². The summed E-state index contributed by atoms with van der Waals surface area (Å²) in [6.45, 7) is 7.35. The summed E-state index contributed by atoms with van der Waals surface area (Å²) in [7, 11) is 0. The van der Waals surface area contributed by atoms with Gasteiger partial charge in [-0.3, -0.25) is 4.79 Å². The van der Waals surface area contributed by atoms with Gasteiger partial charge >= 0.3 is 0 Å². The van der Waals surface area contributed by atoms with Gasteiger partial charge in [0.25, 0.3) is 5.91 Å². The fraction of sp³-hybridized carbons (Fsp3) is 0.421. The lowest BCUT2D eigenvalue weighted by molar-refractivity contribution is 0.0949. The molecule has 0 aliphatic carbocycles. The molecule has 0 spiro atoms. The largest absolute Gasteiger partial charge is 0.370 e. The van der Waals surface area contributed by atoms with Gasteiger partial charge in [-0.05, 0) is 43.4 Å². The first-order valence-electron chi connectivity index (χ1n) is 8.56. The molecule has 0 atom stereocenters. The summed E-state index contributed by atoms with van der Waals surface area (Å²) in [5.74, 6) is 1.32. The van der Waals surface area contributed by atoms with Gasteiger partial charge in [0.2, 0.25) is 0 Å². The number of carbonyl (C=O) groups excluding carboxylic acids is 1. The molecular weight excluding hydrogens is 319 g/mol. The SMILES string of the molecule is Cc1nc(NCCC(C)C)cc(C(=O)NCCc2ccc(F)cc2)n1. The number of aromatic nitrogens is 2. The molecule has 1 heterocycles. The standard InChI is InChI=1S/C19H25FN4O/c1-13(2)8-10-21-18-12-17(23-14(3)24-18)19(25)22-11-9-15-4-6-16(20)7-5-15/h4-7,12-13H,8-11H2,1-3H3,(H,22,25)(H,21,23,24). The van der Waals surface area contributed by atoms with E-state index in [1.807, 2.05) is 0 Å². The zero-order valence-corrected chi connectivity index (χ0v) is 15.0. The first-order valence-corrected chi connectivity index (χ1v) is 8.56. The molecule has 2 rings (SSSR count). The number of benzene rings is 1. The monoisotopic (exact) mass is 344 g/mol. The second-order valence-corrected chi connectivity index (χ2v) is 6.43. The molecule has 0 radical (unpaired) electrons. The van der Waals surface area contributed by atoms with E-state index in [0.717, 1.165) is 18.5 Å². The fourth-order valence-corrected chi connectivity index (χ4v) is 2.33. The molecule has 6 heteroatoms. The summed E-state index contributed by atoms with van der Waals surface area (Å²) in [5.41, 5.74) is 1.32. The molecule has 0 aliphatic rings. The summed E-state index contributed by atoms with van der Waals surface area (Å²) >= 11 is 0. The van der Waals surface area contributed by atoms with Crippen LogP contribution in [0, 0.1) is 18.7 Å². The Balaban J connectivity index is 1.89. The van der Waals surface area contributed by atoms with Crippen LogP contribution in [0.2, 0.25) is 0 Å². The van der Waals surface area contributed by atoms with E-state index in [-0.39, 0.29) is 11.7 Å². The highest BCUT2D eigenvalue weighted by Crippen LogP contribution is 2.09. The Morgan fingerprint density at radius 3 is 2.56 bits per heavy atom. The number of anilines is 1. The van der Waals surface area contributed by atoms with Crippen LogP contribution in [0.5, 0.6) is 0 Å². The maximum Gasteiger partial charge on any atom is 0.270 e. The van der Waals surface area contributed by atoms with Crippen molar-refractivity contribution in [3.63, 3.8) is 0 Å². The third kappa shape index (κ3) is 6.49. The van der Waals surface area contributed by atoms with Crippen molar-refractivity contribution >= 4 is 11.7 Å². The quantitative estimate of drug-likeness (QED) is 0.771. The van der Waals surface area contributed by atoms with Crippen LogP contribution in [-0.4, -0.2) is 29.0 Å². The number of hydrogen-bond donors (Lipinski definition) is 2. The van der Waals surface area contributed by atoms with E-state index in [1.54, 1.807) is 25.1 Å². The molecule has 134 valence electrons. The van der Waals surface area contributed by atoms with Gasteiger partial charge < -0.3 is 10.6 Å². The van der Waals surface area contributed by atoms with Crippen molar-refractivity contribution in [2.24, 2.45) is 5.92 Å². The van der Waals surface area contributed by atoms with Crippen molar-refractivity contribution in [2.45, 2.75) is 33.6 Å². The molecular formula is C19H25FN4O. The molecule has 0 fully saturated rings. The minimum Gasteiger partial charge on any atom is -0.370 e. The molecule has 2 aromatic rings. The lowest BCUT2D eigenvalue weighted by Crippen LogP contribution is -2.27. The van der Waals surface area contributed by atoms with Crippen molar-refractivity contribution < 1.29 is 9.18 Å². The van der Waals surface area contributed by atoms with Gasteiger partial charge in [0.1, 0.15) is 23.2 Å². The van der Waals surface area contributed by atoms with Crippen LogP contribution in [0.1, 0.15) is 42.1 Å². The molecule has 0 saturated carbocycles. The Morgan fingerprint density at radius 2 is 1.88 bits per heavy atom. The molecule has 1 amide bonds. The zero-order valence-electron chi connectivity index (χ0n) is 15.0. The van der Waals surface area contributed by atoms with Gasteiger partial charge in [-0.1, -0.05) is 26.0 Å². The van der Waals surface area contributed by atoms with E-state index in [4.69, 9.17) is 0 Å². The first-order chi connectivity index (χ1) is 11.9. The average molecular weight is 344 g/mol. The normalized spacial score (nSPS) is 10.8. The number of carbonyl (C=O) groups is 1. The first kappa shape index (κ1) is 18.8. The second-order valence-electron chi connectivity index (χ2n) is 6.43. The zero-order chi connectivity index (χ0) is 18.2. The Hall–Kier alpha value is -2.50. The van der Waals surface area contributed by atoms with E-state index >= 15 is 0 Å². The van der Waals surface area contributed by atoms with Crippen LogP contribution in [0.3, 0.4) is 0 Å². The van der Waals surface area contributed by atoms with Gasteiger partial charge in [0.15, 0.2) is 0 Å². The van der Waals surface area contributed by atoms with Crippen LogP contribution in [0.4, 0.5) is 10.2 Å². The van der Waals surface area contributed by atoms with Crippen LogP contribution in [-0.2, 0) is 6.42 Å². The Morgan fingerprint density at radius 1 is 1.16 bits per heavy atom. The van der Waals surface area contributed by atoms with Crippen LogP contribution in [0.25, 0.3) is 0 Å². The predicted octanol–water partition coefficient (Wildman–Crippen LogP) is 3.35. The van der Waals surface area contributed by atoms with E-state index in [9.17, 15) is 9.18 Å². The highest BCUT2D eigenvalue weighted by atomic mass is 19.1. The van der Waals surface area contributed by atoms with Crippen molar-refractivity contribution in [1.29, 1.82) is 0 Å². The highest BCUT2D eigenvalue weighted by Gasteiger charge is 2.10. The number of aryl methyl sites for hydroxylation is 1. The number of hydrogen-bond acceptors (Lipinski definition) is 4. The van der Waals surface area contributed by atoms with Crippen molar-refractivity contribution in [3.8, 4) is 0 Å². The molecule has 2 N–H and O–H groups in total. The minimum absolute atomic E-state index is 0.237. The fourth-order valence-electron chi connectivity index (χ4n) is 2.33. The molecule has 0 saturated heterocycles. The molecule has 1 aromatic carbocycles. The number of halogens is 1. The van der Waals surface area contributed by atoms with Gasteiger partial charge in [0.05, 0.1) is 0 Å². The number of nitrogens with one attached hydrogen (secondary N) is 2. The maximum absolute atomic E-state index is 12.9. The van der Waals surface area contributed by atoms with Gasteiger partial charge in [-0.2, -0.15) is 0 Å². The minimum atomic E-state index is -0.262. The summed E-state index contributed by atoms with van der Waals surface area (Å²) < 4.78 is 12.9. The molecule has 0 unspecified atom stereocenters. The third-order valence-corrected chi connectivity index (χ3v) is 3.71. The summed E-state index contributed by atoms with van der Waals surface area (Å²) in [6.07, 6.45) is 1.66. The summed E-state index contributed by atoms with van der Waals surface area (Å²) in [4.78, 5) is 20.8. The summed E-state index contributed by atoms with van der Waals surface area (Å²) in [6, 6.07) is 7.93. The number of rotatable bonds is 8. The molecule has 5 nitrogen and oxygen atoms in total. The Bertz CT molecular complexity index is 701. The summed E-state index contributed by atoms with van der Waals surface area (Å²) in [5, 5.41) is 6.07. The average Bonchev–Trinajstić information content (AvgIpc) is 2.55. The number of amides is 1. The van der Waals surface area contributed by atoms with Gasteiger partial charge in [-0.15, -0.1) is 0 Å². The molecule has 25 heavy (non-hydrogen) atoms. The van der Waals surface area contributed by atoms with Gasteiger partial charge in [-0.25, -0.2) is 14.4 Å². The third-order valence-electron chi connectivity index (χ3n) is 3.71. The van der Waals surface area contributed by atoms with Crippen LogP contribution >= 0.6 is 0 Å². The lowest BCUT2D eigenvalue weighted by Gasteiger charge is -2.10. The number of nitrogens with zero attached hydrogens (tertiary/aromatic N) is 2. The molecule has 1 aromatic heterocycles. The molecule has 0 bridgehead atoms. The van der Waals surface area contributed by atoms with E-state index in [1.165, 1.54) is 12.1 Å². The lowest BCUT2D eigenvalue weighted by atomic mass is 10.1. The van der Waals surface area contributed by atoms with Crippen LogP contribution in [0.15, 0.2) is 30.3 Å². The topological polar surface area (TPSA) is 66.9 Å². The smallest absolute Gasteiger partial charge is 0.270 e. The van der Waals surface area contributed by atoms with Crippen molar-refractivity contribution in [3.05, 3.63) is 53.2 Å². The second kappa shape index (κ2) is 9.11. The maximum atomic E-state index is 12.9. The Kier molecular flexibility index (Phi) is 6.86. The van der Waals surface area contributed by atoms with Gasteiger partial charge in [0, 0.05) is 19.2 Å². The van der Waals surface area contributed by atoms with E-state index in [2.05, 4.69) is 34.4 Å². The van der Waals surface area contributed by atoms with E-state index in [0.29, 0.717) is 36.2 Å². The predicted molar refractivity (Wildman–Crippen MR) is 97.2 cm³/mol. The van der Waals surface area contributed by atoms with Crippen LogP contribution < -0.4 is 10.6 Å². The Labute approximate surface area is 148 Å².